The summed E-state index contributed by atoms with van der Waals surface area (Å²) in [5, 5.41) is 18.4. The highest BCUT2D eigenvalue weighted by Crippen LogP contribution is 2.34. The largest absolute Gasteiger partial charge is 0.474 e. The van der Waals surface area contributed by atoms with E-state index in [-0.39, 0.29) is 22.4 Å². The van der Waals surface area contributed by atoms with Crippen LogP contribution in [0.2, 0.25) is 5.15 Å². The monoisotopic (exact) mass is 609 g/mol. The Labute approximate surface area is 255 Å². The Morgan fingerprint density at radius 1 is 1.26 bits per heavy atom. The van der Waals surface area contributed by atoms with Gasteiger partial charge in [0.05, 0.1) is 17.9 Å². The fraction of sp³-hybridized carbons (Fsp3) is 0.433. The highest BCUT2D eigenvalue weighted by molar-refractivity contribution is 6.29. The first-order valence-corrected chi connectivity index (χ1v) is 14.5. The number of rotatable bonds is 10. The molecule has 4 N–H and O–H groups in total. The molecule has 5 heterocycles. The maximum absolute atomic E-state index is 15.4. The van der Waals surface area contributed by atoms with Gasteiger partial charge in [0.2, 0.25) is 5.88 Å². The first-order valence-electron chi connectivity index (χ1n) is 14.1. The summed E-state index contributed by atoms with van der Waals surface area (Å²) in [6.45, 7) is 10.2. The molecule has 1 saturated heterocycles. The van der Waals surface area contributed by atoms with E-state index in [4.69, 9.17) is 22.1 Å². The number of nitrogen functional groups attached to an aromatic ring is 1. The summed E-state index contributed by atoms with van der Waals surface area (Å²) in [5.41, 5.74) is 9.12. The number of aromatic nitrogens is 6. The number of nitrogens with two attached hydrogens (primary N) is 1. The van der Waals surface area contributed by atoms with Crippen LogP contribution in [-0.4, -0.2) is 71.6 Å². The van der Waals surface area contributed by atoms with Crippen LogP contribution in [0, 0.1) is 18.2 Å². The van der Waals surface area contributed by atoms with Gasteiger partial charge in [0.15, 0.2) is 5.82 Å². The normalized spacial score (nSPS) is 17.3. The van der Waals surface area contributed by atoms with E-state index in [0.29, 0.717) is 60.4 Å². The Morgan fingerprint density at radius 3 is 2.74 bits per heavy atom. The van der Waals surface area contributed by atoms with Gasteiger partial charge in [-0.1, -0.05) is 25.4 Å². The van der Waals surface area contributed by atoms with Gasteiger partial charge in [0.25, 0.3) is 0 Å². The number of pyridine rings is 2. The molecule has 1 aliphatic rings. The van der Waals surface area contributed by atoms with E-state index in [1.54, 1.807) is 36.3 Å². The first kappa shape index (κ1) is 30.6. The summed E-state index contributed by atoms with van der Waals surface area (Å²) in [4.78, 5) is 19.4. The van der Waals surface area contributed by atoms with E-state index < -0.39 is 11.9 Å². The van der Waals surface area contributed by atoms with Crippen LogP contribution in [0.15, 0.2) is 36.8 Å². The van der Waals surface area contributed by atoms with Gasteiger partial charge in [-0.3, -0.25) is 9.88 Å². The van der Waals surface area contributed by atoms with Crippen molar-refractivity contribution in [3.63, 3.8) is 0 Å². The van der Waals surface area contributed by atoms with E-state index >= 15 is 4.39 Å². The van der Waals surface area contributed by atoms with E-state index in [1.807, 2.05) is 27.7 Å². The summed E-state index contributed by atoms with van der Waals surface area (Å²) < 4.78 is 23.3. The Bertz CT molecular complexity index is 1610. The van der Waals surface area contributed by atoms with Crippen LogP contribution >= 0.6 is 11.6 Å². The van der Waals surface area contributed by atoms with E-state index in [0.717, 1.165) is 17.8 Å². The summed E-state index contributed by atoms with van der Waals surface area (Å²) in [6.07, 6.45) is 4.76. The van der Waals surface area contributed by atoms with Gasteiger partial charge in [-0.2, -0.15) is 5.10 Å². The van der Waals surface area contributed by atoms with Gasteiger partial charge in [0.1, 0.15) is 28.0 Å². The molecule has 43 heavy (non-hydrogen) atoms. The molecule has 0 saturated carbocycles. The molecule has 0 amide bonds. The number of anilines is 2. The van der Waals surface area contributed by atoms with E-state index in [1.165, 1.54) is 12.3 Å². The van der Waals surface area contributed by atoms with Crippen molar-refractivity contribution in [2.24, 2.45) is 12.5 Å². The van der Waals surface area contributed by atoms with Gasteiger partial charge in [-0.05, 0) is 37.6 Å². The molecule has 4 aromatic rings. The predicted molar refractivity (Wildman–Crippen MR) is 164 cm³/mol. The van der Waals surface area contributed by atoms with Crippen molar-refractivity contribution >= 4 is 23.1 Å². The van der Waals surface area contributed by atoms with Crippen LogP contribution in [0.3, 0.4) is 0 Å². The number of ether oxygens (including phenoxy) is 1. The number of likely N-dealkylation sites (tertiary alicyclic amines) is 1. The highest BCUT2D eigenvalue weighted by Gasteiger charge is 2.38. The van der Waals surface area contributed by atoms with Crippen LogP contribution in [0.1, 0.15) is 38.4 Å². The first-order chi connectivity index (χ1) is 20.4. The molecule has 1 aliphatic heterocycles. The zero-order valence-electron chi connectivity index (χ0n) is 25.0. The molecule has 11 nitrogen and oxygen atoms in total. The van der Waals surface area contributed by atoms with Crippen LogP contribution in [0.5, 0.6) is 5.88 Å². The second-order valence-electron chi connectivity index (χ2n) is 11.7. The third kappa shape index (κ3) is 6.87. The standard InChI is InChI=1S/C30H37ClFN9O2/c1-17(43-29-26(18(2)39-40(29)5)28-35-9-7-25(33)38-28)6-8-34-22-11-24(31)36-13-20(22)27-21(32)10-19(12-37-27)14-41-15-23(42)30(3,4)16-41/h7,9-13,17,23,42H,6,8,14-16H2,1-5H3,(H,34,36)(H2,33,35,38)/t17-,23?/m0/s1. The topological polar surface area (TPSA) is 140 Å². The van der Waals surface area contributed by atoms with E-state index in [2.05, 4.69) is 35.3 Å². The van der Waals surface area contributed by atoms with Crippen molar-refractivity contribution in [1.82, 2.24) is 34.6 Å². The summed E-state index contributed by atoms with van der Waals surface area (Å²) in [6, 6.07) is 4.78. The van der Waals surface area contributed by atoms with Crippen molar-refractivity contribution in [2.75, 3.05) is 30.7 Å². The molecule has 0 aromatic carbocycles. The quantitative estimate of drug-likeness (QED) is 0.220. The average molecular weight is 610 g/mol. The lowest BCUT2D eigenvalue weighted by atomic mass is 9.90. The molecule has 2 atom stereocenters. The number of aliphatic hydroxyl groups excluding tert-OH is 1. The lowest BCUT2D eigenvalue weighted by Gasteiger charge is -2.21. The summed E-state index contributed by atoms with van der Waals surface area (Å²) in [7, 11) is 1.80. The zero-order chi connectivity index (χ0) is 30.9. The minimum atomic E-state index is -0.455. The van der Waals surface area contributed by atoms with Crippen LogP contribution in [0.25, 0.3) is 22.6 Å². The fourth-order valence-electron chi connectivity index (χ4n) is 5.33. The predicted octanol–water partition coefficient (Wildman–Crippen LogP) is 4.49. The van der Waals surface area contributed by atoms with E-state index in [9.17, 15) is 5.11 Å². The molecule has 0 aliphatic carbocycles. The van der Waals surface area contributed by atoms with Gasteiger partial charge in [-0.15, -0.1) is 0 Å². The Kier molecular flexibility index (Phi) is 8.81. The molecule has 1 fully saturated rings. The van der Waals surface area contributed by atoms with Gasteiger partial charge in [0, 0.05) is 74.9 Å². The molecule has 5 rings (SSSR count). The van der Waals surface area contributed by atoms with Gasteiger partial charge >= 0.3 is 0 Å². The molecule has 4 aromatic heterocycles. The number of aliphatic hydroxyl groups is 1. The Balaban J connectivity index is 1.26. The average Bonchev–Trinajstić information content (AvgIpc) is 3.35. The number of halogens is 2. The molecular formula is C30H37ClFN9O2. The molecule has 0 bridgehead atoms. The number of β-amino-alcohol motifs (C(OH)–C–C–N with tert-alkyl or cyclic N) is 1. The SMILES string of the molecule is Cc1nn(C)c(O[C@@H](C)CCNc2cc(Cl)ncc2-c2ncc(CN3CC(O)C(C)(C)C3)cc2F)c1-c1nccc(N)n1. The minimum Gasteiger partial charge on any atom is -0.474 e. The molecular weight excluding hydrogens is 573 g/mol. The zero-order valence-corrected chi connectivity index (χ0v) is 25.7. The number of aryl methyl sites for hydroxylation is 2. The maximum Gasteiger partial charge on any atom is 0.223 e. The van der Waals surface area contributed by atoms with Crippen molar-refractivity contribution < 1.29 is 14.2 Å². The molecule has 1 unspecified atom stereocenters. The van der Waals surface area contributed by atoms with Crippen molar-refractivity contribution in [3.8, 4) is 28.5 Å². The Hall–Kier alpha value is -3.87. The highest BCUT2D eigenvalue weighted by atomic mass is 35.5. The Morgan fingerprint density at radius 2 is 2.05 bits per heavy atom. The van der Waals surface area contributed by atoms with Crippen LogP contribution in [-0.2, 0) is 13.6 Å². The second-order valence-corrected chi connectivity index (χ2v) is 12.1. The summed E-state index contributed by atoms with van der Waals surface area (Å²) in [5.74, 6) is 0.897. The number of hydrogen-bond acceptors (Lipinski definition) is 10. The molecule has 0 radical (unpaired) electrons. The number of nitrogens with zero attached hydrogens (tertiary/aromatic N) is 7. The third-order valence-electron chi connectivity index (χ3n) is 7.64. The smallest absolute Gasteiger partial charge is 0.223 e. The number of nitrogens with one attached hydrogen (secondary N) is 1. The van der Waals surface area contributed by atoms with Crippen molar-refractivity contribution in [1.29, 1.82) is 0 Å². The minimum absolute atomic E-state index is 0.179. The number of hydrogen-bond donors (Lipinski definition) is 3. The molecule has 13 heteroatoms. The second kappa shape index (κ2) is 12.4. The fourth-order valence-corrected chi connectivity index (χ4v) is 5.48. The molecule has 0 spiro atoms. The van der Waals surface area contributed by atoms with Crippen molar-refractivity contribution in [2.45, 2.75) is 52.9 Å². The third-order valence-corrected chi connectivity index (χ3v) is 7.85. The lowest BCUT2D eigenvalue weighted by molar-refractivity contribution is 0.0954. The molecule has 228 valence electrons. The van der Waals surface area contributed by atoms with Crippen LogP contribution in [0.4, 0.5) is 15.9 Å². The maximum atomic E-state index is 15.4. The van der Waals surface area contributed by atoms with Crippen LogP contribution < -0.4 is 15.8 Å². The van der Waals surface area contributed by atoms with Gasteiger partial charge < -0.3 is 20.9 Å². The van der Waals surface area contributed by atoms with Crippen molar-refractivity contribution in [3.05, 3.63) is 59.0 Å². The summed E-state index contributed by atoms with van der Waals surface area (Å²) >= 11 is 6.21. The van der Waals surface area contributed by atoms with Gasteiger partial charge in [-0.25, -0.2) is 24.0 Å². The lowest BCUT2D eigenvalue weighted by Crippen LogP contribution is -2.26.